The molecule has 5 rings (SSSR count). The molecule has 4 aromatic rings. The van der Waals surface area contributed by atoms with Crippen molar-refractivity contribution in [2.24, 2.45) is 5.92 Å². The average Bonchev–Trinajstić information content (AvgIpc) is 3.27. The molecule has 0 atom stereocenters. The van der Waals surface area contributed by atoms with E-state index in [1.54, 1.807) is 10.6 Å². The van der Waals surface area contributed by atoms with Crippen LogP contribution in [0.3, 0.4) is 0 Å². The van der Waals surface area contributed by atoms with E-state index in [0.29, 0.717) is 30.6 Å². The molecule has 2 amide bonds. The first kappa shape index (κ1) is 29.3. The first-order valence-corrected chi connectivity index (χ1v) is 13.9. The van der Waals surface area contributed by atoms with Crippen LogP contribution in [0.15, 0.2) is 59.7 Å². The molecule has 13 heteroatoms. The molecule has 220 valence electrons. The van der Waals surface area contributed by atoms with E-state index in [-0.39, 0.29) is 40.5 Å². The summed E-state index contributed by atoms with van der Waals surface area (Å²) >= 11 is 5.89. The Bertz CT molecular complexity index is 1650. The molecule has 3 aromatic heterocycles. The number of aromatic nitrogens is 4. The summed E-state index contributed by atoms with van der Waals surface area (Å²) in [6.07, 6.45) is 2.30. The zero-order valence-corrected chi connectivity index (χ0v) is 23.2. The quantitative estimate of drug-likeness (QED) is 0.285. The van der Waals surface area contributed by atoms with Gasteiger partial charge < -0.3 is 10.6 Å². The van der Waals surface area contributed by atoms with Gasteiger partial charge in [0.15, 0.2) is 0 Å². The first-order chi connectivity index (χ1) is 20.3. The van der Waals surface area contributed by atoms with Gasteiger partial charge in [0, 0.05) is 25.3 Å². The number of para-hydroxylation sites is 2. The molecule has 1 saturated carbocycles. The van der Waals surface area contributed by atoms with Gasteiger partial charge in [-0.2, -0.15) is 0 Å². The van der Waals surface area contributed by atoms with E-state index in [0.717, 1.165) is 24.6 Å². The van der Waals surface area contributed by atoms with Gasteiger partial charge in [0.05, 0.1) is 33.5 Å². The van der Waals surface area contributed by atoms with Crippen LogP contribution in [-0.2, 0) is 6.54 Å². The van der Waals surface area contributed by atoms with Gasteiger partial charge in [-0.15, -0.1) is 0 Å². The van der Waals surface area contributed by atoms with Crippen molar-refractivity contribution < 1.29 is 22.8 Å². The second-order valence-electron chi connectivity index (χ2n) is 10.1. The third kappa shape index (κ3) is 6.18. The highest BCUT2D eigenvalue weighted by atomic mass is 35.5. The number of imidazole rings is 1. The first-order valence-electron chi connectivity index (χ1n) is 13.5. The fourth-order valence-electron chi connectivity index (χ4n) is 5.35. The second-order valence-corrected chi connectivity index (χ2v) is 10.6. The summed E-state index contributed by atoms with van der Waals surface area (Å²) in [6.45, 7) is -0.335. The summed E-state index contributed by atoms with van der Waals surface area (Å²) < 4.78 is 42.3. The van der Waals surface area contributed by atoms with E-state index in [1.807, 2.05) is 24.3 Å². The zero-order valence-electron chi connectivity index (χ0n) is 22.4. The summed E-state index contributed by atoms with van der Waals surface area (Å²) in [5.41, 5.74) is 0.941. The third-order valence-corrected chi connectivity index (χ3v) is 7.62. The fourth-order valence-corrected chi connectivity index (χ4v) is 5.51. The normalized spacial score (nSPS) is 17.0. The number of nitrogens with one attached hydrogen (secondary N) is 2. The fraction of sp³-hybridized carbons (Fsp3) is 0.345. The van der Waals surface area contributed by atoms with Crippen molar-refractivity contribution >= 4 is 34.4 Å². The number of rotatable bonds is 9. The van der Waals surface area contributed by atoms with Crippen LogP contribution in [0.1, 0.15) is 58.6 Å². The molecule has 0 spiro atoms. The maximum Gasteiger partial charge on any atom is 0.333 e. The molecular weight excluding hydrogens is 573 g/mol. The van der Waals surface area contributed by atoms with E-state index in [2.05, 4.69) is 20.6 Å². The predicted molar refractivity (Wildman–Crippen MR) is 151 cm³/mol. The Hall–Kier alpha value is -4.19. The van der Waals surface area contributed by atoms with Gasteiger partial charge in [-0.05, 0) is 61.9 Å². The maximum absolute atomic E-state index is 13.6. The molecule has 1 aliphatic carbocycles. The Morgan fingerprint density at radius 3 is 2.40 bits per heavy atom. The maximum atomic E-state index is 13.6. The molecule has 0 unspecified atom stereocenters. The van der Waals surface area contributed by atoms with Crippen molar-refractivity contribution in [3.8, 4) is 5.69 Å². The van der Waals surface area contributed by atoms with Crippen molar-refractivity contribution in [3.63, 3.8) is 0 Å². The Morgan fingerprint density at radius 1 is 1.00 bits per heavy atom. The molecular formula is C29H28ClF3N6O3. The van der Waals surface area contributed by atoms with Crippen LogP contribution in [0.4, 0.5) is 13.2 Å². The summed E-state index contributed by atoms with van der Waals surface area (Å²) in [4.78, 5) is 46.3. The highest BCUT2D eigenvalue weighted by Crippen LogP contribution is 2.29. The summed E-state index contributed by atoms with van der Waals surface area (Å²) in [6, 6.07) is 11.5. The van der Waals surface area contributed by atoms with Crippen LogP contribution >= 0.6 is 11.6 Å². The van der Waals surface area contributed by atoms with Crippen LogP contribution in [0.2, 0.25) is 5.02 Å². The number of fused-ring (bicyclic) bond motifs is 1. The van der Waals surface area contributed by atoms with E-state index in [9.17, 15) is 27.6 Å². The van der Waals surface area contributed by atoms with E-state index in [1.165, 1.54) is 22.9 Å². The van der Waals surface area contributed by atoms with Gasteiger partial charge in [0.25, 0.3) is 18.2 Å². The SMILES string of the molecule is O=C(NCCF)c1ccc(-n2c(=O)n(CC3CCC(NC(=O)c4cc(Cl)cnc4C(F)F)CC3)c3ccccc32)cn1. The minimum Gasteiger partial charge on any atom is -0.349 e. The summed E-state index contributed by atoms with van der Waals surface area (Å²) in [5.74, 6) is -0.985. The number of carbonyl (C=O) groups excluding carboxylic acids is 2. The highest BCUT2D eigenvalue weighted by Gasteiger charge is 2.27. The van der Waals surface area contributed by atoms with Gasteiger partial charge in [-0.1, -0.05) is 23.7 Å². The molecule has 42 heavy (non-hydrogen) atoms. The average molecular weight is 601 g/mol. The molecule has 0 saturated heterocycles. The molecule has 1 fully saturated rings. The standard InChI is InChI=1S/C29H28ClF3N6O3/c30-18-13-21(25(26(32)33)36-14-18)27(40)37-19-7-5-17(6-8-19)16-38-23-3-1-2-4-24(23)39(29(38)42)20-9-10-22(35-15-20)28(41)34-12-11-31/h1-4,9-10,13-15,17,19,26H,5-8,11-12,16H2,(H,34,41)(H,37,40). The van der Waals surface area contributed by atoms with Crippen LogP contribution in [0, 0.1) is 5.92 Å². The lowest BCUT2D eigenvalue weighted by Crippen LogP contribution is -2.39. The topological polar surface area (TPSA) is 111 Å². The molecule has 3 heterocycles. The molecule has 2 N–H and O–H groups in total. The third-order valence-electron chi connectivity index (χ3n) is 7.41. The van der Waals surface area contributed by atoms with Crippen molar-refractivity contribution in [1.82, 2.24) is 29.7 Å². The van der Waals surface area contributed by atoms with Crippen molar-refractivity contribution in [3.05, 3.63) is 87.3 Å². The zero-order chi connectivity index (χ0) is 29.8. The molecule has 1 aliphatic rings. The number of benzene rings is 1. The van der Waals surface area contributed by atoms with Crippen LogP contribution in [0.25, 0.3) is 16.7 Å². The smallest absolute Gasteiger partial charge is 0.333 e. The minimum atomic E-state index is -2.90. The Labute approximate surface area is 243 Å². The molecule has 1 aromatic carbocycles. The molecule has 0 radical (unpaired) electrons. The summed E-state index contributed by atoms with van der Waals surface area (Å²) in [7, 11) is 0. The number of amides is 2. The molecule has 0 aliphatic heterocycles. The van der Waals surface area contributed by atoms with Crippen LogP contribution in [0.5, 0.6) is 0 Å². The Balaban J connectivity index is 1.29. The van der Waals surface area contributed by atoms with Crippen LogP contribution in [-0.4, -0.2) is 50.2 Å². The predicted octanol–water partition coefficient (Wildman–Crippen LogP) is 4.86. The lowest BCUT2D eigenvalue weighted by atomic mass is 9.85. The van der Waals surface area contributed by atoms with E-state index in [4.69, 9.17) is 11.6 Å². The number of hydrogen-bond acceptors (Lipinski definition) is 5. The molecule has 9 nitrogen and oxygen atoms in total. The number of pyridine rings is 2. The second kappa shape index (κ2) is 12.8. The largest absolute Gasteiger partial charge is 0.349 e. The lowest BCUT2D eigenvalue weighted by molar-refractivity contribution is 0.0903. The number of hydrogen-bond donors (Lipinski definition) is 2. The highest BCUT2D eigenvalue weighted by molar-refractivity contribution is 6.30. The Kier molecular flexibility index (Phi) is 8.91. The van der Waals surface area contributed by atoms with Gasteiger partial charge >= 0.3 is 5.69 Å². The Morgan fingerprint density at radius 2 is 1.74 bits per heavy atom. The number of carbonyl (C=O) groups is 2. The van der Waals surface area contributed by atoms with Crippen molar-refractivity contribution in [1.29, 1.82) is 0 Å². The summed E-state index contributed by atoms with van der Waals surface area (Å²) in [5, 5.41) is 5.35. The monoisotopic (exact) mass is 600 g/mol. The number of alkyl halides is 3. The van der Waals surface area contributed by atoms with E-state index < -0.39 is 30.6 Å². The molecule has 0 bridgehead atoms. The van der Waals surface area contributed by atoms with Crippen molar-refractivity contribution in [2.75, 3.05) is 13.2 Å². The number of halogens is 4. The van der Waals surface area contributed by atoms with Gasteiger partial charge in [0.1, 0.15) is 18.1 Å². The van der Waals surface area contributed by atoms with Crippen LogP contribution < -0.4 is 16.3 Å². The van der Waals surface area contributed by atoms with Gasteiger partial charge in [-0.3, -0.25) is 23.7 Å². The lowest BCUT2D eigenvalue weighted by Gasteiger charge is -2.29. The van der Waals surface area contributed by atoms with Gasteiger partial charge in [0.2, 0.25) is 0 Å². The van der Waals surface area contributed by atoms with E-state index >= 15 is 0 Å². The van der Waals surface area contributed by atoms with Crippen molar-refractivity contribution in [2.45, 2.75) is 44.7 Å². The van der Waals surface area contributed by atoms with Gasteiger partial charge in [-0.25, -0.2) is 22.9 Å². The number of nitrogens with zero attached hydrogens (tertiary/aromatic N) is 4. The minimum absolute atomic E-state index is 0.101.